The summed E-state index contributed by atoms with van der Waals surface area (Å²) in [5, 5.41) is 6.57. The highest BCUT2D eigenvalue weighted by atomic mass is 32.2. The summed E-state index contributed by atoms with van der Waals surface area (Å²) in [6, 6.07) is 5.32. The van der Waals surface area contributed by atoms with Gasteiger partial charge in [-0.2, -0.15) is 11.8 Å². The molecule has 7 nitrogen and oxygen atoms in total. The quantitative estimate of drug-likeness (QED) is 0.589. The van der Waals surface area contributed by atoms with Crippen LogP contribution < -0.4 is 10.6 Å². The molecule has 0 saturated carbocycles. The number of hydrogen-bond acceptors (Lipinski definition) is 5. The van der Waals surface area contributed by atoms with Gasteiger partial charge in [-0.1, -0.05) is 12.1 Å². The van der Waals surface area contributed by atoms with E-state index < -0.39 is 6.04 Å². The molecule has 0 radical (unpaired) electrons. The van der Waals surface area contributed by atoms with Crippen LogP contribution in [0.1, 0.15) is 36.2 Å². The molecule has 2 amide bonds. The van der Waals surface area contributed by atoms with Crippen LogP contribution in [0.2, 0.25) is 0 Å². The second kappa shape index (κ2) is 10.0. The number of nitrogens with one attached hydrogen (secondary N) is 3. The SMILES string of the molecule is CSCC[C@@H](NC(=O)Cc1ccc(F)cc1)C(=O)N1CCC2(CC1)NCCc1[nH]cnc12. The Morgan fingerprint density at radius 2 is 2.03 bits per heavy atom. The van der Waals surface area contributed by atoms with Crippen molar-refractivity contribution in [3.05, 3.63) is 53.4 Å². The van der Waals surface area contributed by atoms with E-state index in [1.165, 1.54) is 17.8 Å². The molecule has 1 aromatic carbocycles. The van der Waals surface area contributed by atoms with Gasteiger partial charge in [0, 0.05) is 31.7 Å². The van der Waals surface area contributed by atoms with Crippen molar-refractivity contribution in [1.82, 2.24) is 25.5 Å². The standard InChI is InChI=1S/C23H30FN5O2S/c1-32-13-7-19(28-20(30)14-16-2-4-17(24)5-3-16)22(31)29-11-8-23(9-12-29)21-18(6-10-27-23)25-15-26-21/h2-5,15,19,27H,6-14H2,1H3,(H,25,26)(H,28,30)/t19-/m1/s1. The molecular weight excluding hydrogens is 429 g/mol. The molecule has 172 valence electrons. The van der Waals surface area contributed by atoms with Crippen LogP contribution in [0.25, 0.3) is 0 Å². The van der Waals surface area contributed by atoms with Gasteiger partial charge >= 0.3 is 0 Å². The molecule has 3 heterocycles. The zero-order chi connectivity index (χ0) is 22.6. The largest absolute Gasteiger partial charge is 0.348 e. The minimum Gasteiger partial charge on any atom is -0.348 e. The molecule has 1 fully saturated rings. The highest BCUT2D eigenvalue weighted by molar-refractivity contribution is 7.98. The number of fused-ring (bicyclic) bond motifs is 2. The van der Waals surface area contributed by atoms with E-state index in [0.717, 1.165) is 42.8 Å². The normalized spacial score (nSPS) is 18.2. The van der Waals surface area contributed by atoms with Crippen molar-refractivity contribution in [2.75, 3.05) is 31.6 Å². The van der Waals surface area contributed by atoms with Gasteiger partial charge in [-0.25, -0.2) is 9.37 Å². The predicted octanol–water partition coefficient (Wildman–Crippen LogP) is 1.99. The first-order chi connectivity index (χ1) is 15.5. The number of hydrogen-bond donors (Lipinski definition) is 3. The Labute approximate surface area is 191 Å². The molecule has 0 bridgehead atoms. The van der Waals surface area contributed by atoms with E-state index in [-0.39, 0.29) is 29.6 Å². The van der Waals surface area contributed by atoms with Crippen molar-refractivity contribution in [1.29, 1.82) is 0 Å². The van der Waals surface area contributed by atoms with Gasteiger partial charge in [0.1, 0.15) is 11.9 Å². The van der Waals surface area contributed by atoms with Gasteiger partial charge in [0.25, 0.3) is 0 Å². The number of halogens is 1. The smallest absolute Gasteiger partial charge is 0.245 e. The molecule has 3 N–H and O–H groups in total. The van der Waals surface area contributed by atoms with Crippen molar-refractivity contribution >= 4 is 23.6 Å². The van der Waals surface area contributed by atoms with Crippen LogP contribution in [0.15, 0.2) is 30.6 Å². The molecule has 32 heavy (non-hydrogen) atoms. The first-order valence-corrected chi connectivity index (χ1v) is 12.5. The molecule has 1 spiro atoms. The number of nitrogens with zero attached hydrogens (tertiary/aromatic N) is 2. The molecule has 2 aromatic rings. The molecule has 9 heteroatoms. The maximum atomic E-state index is 13.3. The van der Waals surface area contributed by atoms with Gasteiger partial charge in [-0.05, 0) is 49.0 Å². The second-order valence-corrected chi connectivity index (χ2v) is 9.50. The Morgan fingerprint density at radius 1 is 1.28 bits per heavy atom. The number of amides is 2. The van der Waals surface area contributed by atoms with Crippen LogP contribution >= 0.6 is 11.8 Å². The Bertz CT molecular complexity index is 940. The van der Waals surface area contributed by atoms with E-state index in [1.54, 1.807) is 30.2 Å². The lowest BCUT2D eigenvalue weighted by atomic mass is 9.80. The summed E-state index contributed by atoms with van der Waals surface area (Å²) in [5.41, 5.74) is 2.82. The van der Waals surface area contributed by atoms with Crippen LogP contribution in [-0.2, 0) is 28.0 Å². The monoisotopic (exact) mass is 459 g/mol. The zero-order valence-corrected chi connectivity index (χ0v) is 19.1. The summed E-state index contributed by atoms with van der Waals surface area (Å²) >= 11 is 1.65. The third-order valence-electron chi connectivity index (χ3n) is 6.46. The molecule has 2 aliphatic rings. The second-order valence-electron chi connectivity index (χ2n) is 8.52. The zero-order valence-electron chi connectivity index (χ0n) is 18.3. The van der Waals surface area contributed by atoms with Gasteiger partial charge in [0.15, 0.2) is 0 Å². The van der Waals surface area contributed by atoms with E-state index in [0.29, 0.717) is 19.5 Å². The number of aromatic amines is 1. The third kappa shape index (κ3) is 4.99. The van der Waals surface area contributed by atoms with Crippen LogP contribution in [-0.4, -0.2) is 64.4 Å². The molecular formula is C23H30FN5O2S. The fraction of sp³-hybridized carbons (Fsp3) is 0.522. The van der Waals surface area contributed by atoms with Gasteiger partial charge in [0.05, 0.1) is 24.0 Å². The first-order valence-electron chi connectivity index (χ1n) is 11.1. The molecule has 1 aromatic heterocycles. The van der Waals surface area contributed by atoms with Crippen LogP contribution in [0.4, 0.5) is 4.39 Å². The maximum Gasteiger partial charge on any atom is 0.245 e. The molecule has 1 atom stereocenters. The number of likely N-dealkylation sites (tertiary alicyclic amines) is 1. The van der Waals surface area contributed by atoms with E-state index in [9.17, 15) is 14.0 Å². The van der Waals surface area contributed by atoms with Crippen molar-refractivity contribution in [3.63, 3.8) is 0 Å². The highest BCUT2D eigenvalue weighted by Crippen LogP contribution is 2.36. The van der Waals surface area contributed by atoms with Crippen molar-refractivity contribution < 1.29 is 14.0 Å². The number of thioether (sulfide) groups is 1. The topological polar surface area (TPSA) is 90.1 Å². The fourth-order valence-corrected chi connectivity index (χ4v) is 5.17. The third-order valence-corrected chi connectivity index (χ3v) is 7.10. The number of carbonyl (C=O) groups excluding carboxylic acids is 2. The summed E-state index contributed by atoms with van der Waals surface area (Å²) in [7, 11) is 0. The van der Waals surface area contributed by atoms with Gasteiger partial charge < -0.3 is 20.5 Å². The number of rotatable bonds is 7. The summed E-state index contributed by atoms with van der Waals surface area (Å²) in [5.74, 6) is 0.196. The van der Waals surface area contributed by atoms with Crippen molar-refractivity contribution in [2.45, 2.75) is 43.7 Å². The highest BCUT2D eigenvalue weighted by Gasteiger charge is 2.42. The number of H-pyrrole nitrogens is 1. The summed E-state index contributed by atoms with van der Waals surface area (Å²) in [6.45, 7) is 2.16. The molecule has 0 unspecified atom stereocenters. The lowest BCUT2D eigenvalue weighted by molar-refractivity contribution is -0.138. The minimum absolute atomic E-state index is 0.0283. The lowest BCUT2D eigenvalue weighted by Gasteiger charge is -2.44. The summed E-state index contributed by atoms with van der Waals surface area (Å²) < 4.78 is 13.1. The summed E-state index contributed by atoms with van der Waals surface area (Å²) in [6.07, 6.45) is 6.99. The van der Waals surface area contributed by atoms with Crippen LogP contribution in [0.5, 0.6) is 0 Å². The maximum absolute atomic E-state index is 13.3. The number of imidazole rings is 1. The van der Waals surface area contributed by atoms with E-state index in [1.807, 2.05) is 11.2 Å². The Balaban J connectivity index is 1.38. The van der Waals surface area contributed by atoms with E-state index in [4.69, 9.17) is 0 Å². The predicted molar refractivity (Wildman–Crippen MR) is 123 cm³/mol. The minimum atomic E-state index is -0.551. The van der Waals surface area contributed by atoms with Gasteiger partial charge in [-0.3, -0.25) is 9.59 Å². The average Bonchev–Trinajstić information content (AvgIpc) is 3.29. The van der Waals surface area contributed by atoms with Gasteiger partial charge in [-0.15, -0.1) is 0 Å². The van der Waals surface area contributed by atoms with E-state index >= 15 is 0 Å². The Hall–Kier alpha value is -2.39. The van der Waals surface area contributed by atoms with Crippen LogP contribution in [0, 0.1) is 5.82 Å². The Kier molecular flexibility index (Phi) is 7.15. The fourth-order valence-electron chi connectivity index (χ4n) is 4.70. The molecule has 0 aliphatic carbocycles. The van der Waals surface area contributed by atoms with Crippen molar-refractivity contribution in [2.24, 2.45) is 0 Å². The lowest BCUT2D eigenvalue weighted by Crippen LogP contribution is -2.58. The number of piperidine rings is 1. The average molecular weight is 460 g/mol. The van der Waals surface area contributed by atoms with Crippen molar-refractivity contribution in [3.8, 4) is 0 Å². The van der Waals surface area contributed by atoms with Gasteiger partial charge in [0.2, 0.25) is 11.8 Å². The molecule has 4 rings (SSSR count). The summed E-state index contributed by atoms with van der Waals surface area (Å²) in [4.78, 5) is 35.6. The number of carbonyl (C=O) groups is 2. The number of benzene rings is 1. The molecule has 1 saturated heterocycles. The molecule has 2 aliphatic heterocycles. The van der Waals surface area contributed by atoms with E-state index in [2.05, 4.69) is 20.6 Å². The first kappa shape index (κ1) is 22.8. The Morgan fingerprint density at radius 3 is 2.75 bits per heavy atom. The number of aromatic nitrogens is 2. The van der Waals surface area contributed by atoms with Crippen LogP contribution in [0.3, 0.4) is 0 Å².